The predicted octanol–water partition coefficient (Wildman–Crippen LogP) is 3.90. The van der Waals surface area contributed by atoms with Gasteiger partial charge in [-0.1, -0.05) is 11.6 Å². The summed E-state index contributed by atoms with van der Waals surface area (Å²) < 4.78 is 5.65. The van der Waals surface area contributed by atoms with Gasteiger partial charge in [0.15, 0.2) is 0 Å². The molecular weight excluding hydrogens is 367 g/mol. The molecule has 0 saturated carbocycles. The summed E-state index contributed by atoms with van der Waals surface area (Å²) in [5.74, 6) is -1.71. The van der Waals surface area contributed by atoms with Crippen molar-refractivity contribution in [3.63, 3.8) is 0 Å². The Labute approximate surface area is 131 Å². The van der Waals surface area contributed by atoms with Gasteiger partial charge in [-0.3, -0.25) is 10.1 Å². The van der Waals surface area contributed by atoms with Crippen LogP contribution in [0.2, 0.25) is 5.02 Å². The van der Waals surface area contributed by atoms with Gasteiger partial charge in [0.1, 0.15) is 11.3 Å². The number of carboxylic acid groups (broad SMARTS) is 1. The quantitative estimate of drug-likeness (QED) is 0.644. The van der Waals surface area contributed by atoms with E-state index in [0.717, 1.165) is 0 Å². The molecule has 1 heterocycles. The Hall–Kier alpha value is -2.19. The molecule has 0 unspecified atom stereocenters. The molecule has 0 saturated heterocycles. The predicted molar refractivity (Wildman–Crippen MR) is 77.1 cm³/mol. The molecule has 0 fully saturated rings. The summed E-state index contributed by atoms with van der Waals surface area (Å²) in [6, 6.07) is 5.07. The van der Waals surface area contributed by atoms with Crippen LogP contribution in [-0.4, -0.2) is 21.0 Å². The lowest BCUT2D eigenvalue weighted by Gasteiger charge is -2.08. The van der Waals surface area contributed by atoms with E-state index in [9.17, 15) is 14.9 Å². The van der Waals surface area contributed by atoms with Crippen LogP contribution in [0.1, 0.15) is 10.4 Å². The monoisotopic (exact) mass is 372 g/mol. The number of nitrogens with zero attached hydrogens (tertiary/aromatic N) is 2. The standard InChI is InChI=1S/C12H6BrClN2O5/c13-6-3-9(16(19)20)11(15-5-6)21-10-4-7(14)1-2-8(10)12(17)18/h1-5H,(H,17,18). The van der Waals surface area contributed by atoms with Gasteiger partial charge in [0.2, 0.25) is 0 Å². The number of hydrogen-bond donors (Lipinski definition) is 1. The number of rotatable bonds is 4. The number of pyridine rings is 1. The number of aromatic carboxylic acids is 1. The third kappa shape index (κ3) is 3.47. The molecular formula is C12H6BrClN2O5. The van der Waals surface area contributed by atoms with Crippen LogP contribution in [0.4, 0.5) is 5.69 Å². The van der Waals surface area contributed by atoms with Crippen molar-refractivity contribution < 1.29 is 19.6 Å². The van der Waals surface area contributed by atoms with Crippen LogP contribution < -0.4 is 4.74 Å². The minimum Gasteiger partial charge on any atom is -0.478 e. The molecule has 1 aromatic heterocycles. The molecule has 0 bridgehead atoms. The van der Waals surface area contributed by atoms with E-state index in [1.165, 1.54) is 30.5 Å². The second kappa shape index (κ2) is 6.06. The highest BCUT2D eigenvalue weighted by Crippen LogP contribution is 2.34. The zero-order valence-corrected chi connectivity index (χ0v) is 12.5. The molecule has 1 N–H and O–H groups in total. The van der Waals surface area contributed by atoms with Crippen molar-refractivity contribution in [1.82, 2.24) is 4.98 Å². The Morgan fingerprint density at radius 2 is 2.14 bits per heavy atom. The summed E-state index contributed by atoms with van der Waals surface area (Å²) in [6.07, 6.45) is 1.30. The van der Waals surface area contributed by atoms with Crippen LogP contribution in [0, 0.1) is 10.1 Å². The van der Waals surface area contributed by atoms with Gasteiger partial charge < -0.3 is 9.84 Å². The maximum atomic E-state index is 11.1. The molecule has 1 aromatic carbocycles. The summed E-state index contributed by atoms with van der Waals surface area (Å²) in [5, 5.41) is 20.3. The van der Waals surface area contributed by atoms with Crippen molar-refractivity contribution in [1.29, 1.82) is 0 Å². The van der Waals surface area contributed by atoms with Crippen LogP contribution in [-0.2, 0) is 0 Å². The fourth-order valence-electron chi connectivity index (χ4n) is 1.49. The highest BCUT2D eigenvalue weighted by Gasteiger charge is 2.21. The lowest BCUT2D eigenvalue weighted by atomic mass is 10.2. The highest BCUT2D eigenvalue weighted by atomic mass is 79.9. The Bertz CT molecular complexity index is 738. The van der Waals surface area contributed by atoms with Crippen molar-refractivity contribution >= 4 is 39.2 Å². The van der Waals surface area contributed by atoms with E-state index in [4.69, 9.17) is 21.4 Å². The number of hydrogen-bond acceptors (Lipinski definition) is 5. The SMILES string of the molecule is O=C(O)c1ccc(Cl)cc1Oc1ncc(Br)cc1[N+](=O)[O-]. The Morgan fingerprint density at radius 1 is 1.43 bits per heavy atom. The maximum Gasteiger partial charge on any atom is 0.339 e. The Kier molecular flexibility index (Phi) is 4.39. The van der Waals surface area contributed by atoms with Gasteiger partial charge >= 0.3 is 11.7 Å². The average molecular weight is 374 g/mol. The van der Waals surface area contributed by atoms with Gasteiger partial charge in [-0.05, 0) is 28.1 Å². The van der Waals surface area contributed by atoms with E-state index < -0.39 is 16.6 Å². The second-order valence-corrected chi connectivity index (χ2v) is 5.13. The maximum absolute atomic E-state index is 11.1. The van der Waals surface area contributed by atoms with Crippen LogP contribution in [0.3, 0.4) is 0 Å². The lowest BCUT2D eigenvalue weighted by Crippen LogP contribution is -2.02. The third-order valence-corrected chi connectivity index (χ3v) is 3.05. The smallest absolute Gasteiger partial charge is 0.339 e. The topological polar surface area (TPSA) is 103 Å². The summed E-state index contributed by atoms with van der Waals surface area (Å²) >= 11 is 8.84. The Balaban J connectivity index is 2.50. The van der Waals surface area contributed by atoms with E-state index in [0.29, 0.717) is 4.47 Å². The van der Waals surface area contributed by atoms with Crippen LogP contribution >= 0.6 is 27.5 Å². The summed E-state index contributed by atoms with van der Waals surface area (Å²) in [6.45, 7) is 0. The zero-order chi connectivity index (χ0) is 15.6. The molecule has 0 aliphatic heterocycles. The molecule has 0 spiro atoms. The van der Waals surface area contributed by atoms with E-state index in [1.807, 2.05) is 0 Å². The molecule has 0 radical (unpaired) electrons. The van der Waals surface area contributed by atoms with Crippen molar-refractivity contribution in [2.24, 2.45) is 0 Å². The number of aromatic nitrogens is 1. The molecule has 7 nitrogen and oxygen atoms in total. The highest BCUT2D eigenvalue weighted by molar-refractivity contribution is 9.10. The first-order valence-electron chi connectivity index (χ1n) is 5.39. The van der Waals surface area contributed by atoms with Crippen molar-refractivity contribution in [3.05, 3.63) is 55.6 Å². The van der Waals surface area contributed by atoms with E-state index in [2.05, 4.69) is 20.9 Å². The van der Waals surface area contributed by atoms with Gasteiger partial charge in [-0.25, -0.2) is 9.78 Å². The minimum atomic E-state index is -1.25. The summed E-state index contributed by atoms with van der Waals surface area (Å²) in [7, 11) is 0. The van der Waals surface area contributed by atoms with Gasteiger partial charge in [-0.2, -0.15) is 0 Å². The molecule has 0 aliphatic rings. The number of carboxylic acids is 1. The fourth-order valence-corrected chi connectivity index (χ4v) is 1.97. The molecule has 0 atom stereocenters. The van der Waals surface area contributed by atoms with Crippen molar-refractivity contribution in [2.75, 3.05) is 0 Å². The van der Waals surface area contributed by atoms with E-state index in [-0.39, 0.29) is 22.2 Å². The molecule has 9 heteroatoms. The third-order valence-electron chi connectivity index (χ3n) is 2.38. The van der Waals surface area contributed by atoms with Crippen molar-refractivity contribution in [2.45, 2.75) is 0 Å². The van der Waals surface area contributed by atoms with Crippen molar-refractivity contribution in [3.8, 4) is 11.6 Å². The number of carbonyl (C=O) groups is 1. The van der Waals surface area contributed by atoms with Crippen LogP contribution in [0.15, 0.2) is 34.9 Å². The van der Waals surface area contributed by atoms with Gasteiger partial charge in [-0.15, -0.1) is 0 Å². The Morgan fingerprint density at radius 3 is 2.76 bits per heavy atom. The second-order valence-electron chi connectivity index (χ2n) is 3.78. The molecule has 0 aliphatic carbocycles. The first-order chi connectivity index (χ1) is 9.88. The number of nitro groups is 1. The zero-order valence-electron chi connectivity index (χ0n) is 10.1. The normalized spacial score (nSPS) is 10.2. The van der Waals surface area contributed by atoms with E-state index in [1.54, 1.807) is 0 Å². The molecule has 2 aromatic rings. The number of ether oxygens (including phenoxy) is 1. The molecule has 0 amide bonds. The molecule has 21 heavy (non-hydrogen) atoms. The first kappa shape index (κ1) is 15.2. The van der Waals surface area contributed by atoms with E-state index >= 15 is 0 Å². The first-order valence-corrected chi connectivity index (χ1v) is 6.56. The summed E-state index contributed by atoms with van der Waals surface area (Å²) in [4.78, 5) is 25.2. The largest absolute Gasteiger partial charge is 0.478 e. The lowest BCUT2D eigenvalue weighted by molar-refractivity contribution is -0.386. The molecule has 2 rings (SSSR count). The van der Waals surface area contributed by atoms with Crippen LogP contribution in [0.25, 0.3) is 0 Å². The molecule has 108 valence electrons. The van der Waals surface area contributed by atoms with Gasteiger partial charge in [0, 0.05) is 27.8 Å². The van der Waals surface area contributed by atoms with Crippen LogP contribution in [0.5, 0.6) is 11.6 Å². The van der Waals surface area contributed by atoms with Gasteiger partial charge in [0.05, 0.1) is 4.92 Å². The number of halogens is 2. The summed E-state index contributed by atoms with van der Waals surface area (Å²) in [5.41, 5.74) is -0.584. The van der Waals surface area contributed by atoms with Gasteiger partial charge in [0.25, 0.3) is 5.88 Å². The fraction of sp³-hybridized carbons (Fsp3) is 0. The number of benzene rings is 1. The average Bonchev–Trinajstić information content (AvgIpc) is 2.40. The minimum absolute atomic E-state index is 0.132.